The van der Waals surface area contributed by atoms with Gasteiger partial charge in [-0.15, -0.1) is 0 Å². The number of Topliss-reactive ketones (excluding diaryl/α,β-unsaturated/α-hetero) is 2. The molecule has 5 heteroatoms. The van der Waals surface area contributed by atoms with E-state index in [2.05, 4.69) is 4.74 Å². The minimum Gasteiger partial charge on any atom is -0.468 e. The van der Waals surface area contributed by atoms with Gasteiger partial charge in [-0.05, 0) is 18.9 Å². The van der Waals surface area contributed by atoms with Crippen LogP contribution in [0.3, 0.4) is 0 Å². The van der Waals surface area contributed by atoms with Crippen molar-refractivity contribution < 1.29 is 19.1 Å². The van der Waals surface area contributed by atoms with Crippen LogP contribution in [0.1, 0.15) is 35.7 Å². The van der Waals surface area contributed by atoms with Crippen LogP contribution in [0.4, 0.5) is 0 Å². The Bertz CT molecular complexity index is 493. The Kier molecular flexibility index (Phi) is 6.06. The SMILES string of the molecule is COC(=O)[C@@H](N)Cc1ccc(C(=O)CCC(C)=O)cc1. The Morgan fingerprint density at radius 1 is 1.15 bits per heavy atom. The molecule has 0 aliphatic carbocycles. The van der Waals surface area contributed by atoms with Crippen molar-refractivity contribution in [2.75, 3.05) is 7.11 Å². The summed E-state index contributed by atoms with van der Waals surface area (Å²) in [5.41, 5.74) is 7.07. The zero-order valence-electron chi connectivity index (χ0n) is 11.7. The van der Waals surface area contributed by atoms with Crippen molar-refractivity contribution in [3.8, 4) is 0 Å². The number of benzene rings is 1. The van der Waals surface area contributed by atoms with Crippen molar-refractivity contribution in [1.29, 1.82) is 0 Å². The molecule has 0 spiro atoms. The molecule has 0 saturated heterocycles. The second-order valence-corrected chi connectivity index (χ2v) is 4.66. The summed E-state index contributed by atoms with van der Waals surface area (Å²) >= 11 is 0. The van der Waals surface area contributed by atoms with E-state index in [1.807, 2.05) is 0 Å². The van der Waals surface area contributed by atoms with Gasteiger partial charge in [0.1, 0.15) is 11.8 Å². The molecule has 1 aromatic carbocycles. The molecule has 2 N–H and O–H groups in total. The lowest BCUT2D eigenvalue weighted by Gasteiger charge is -2.09. The first-order valence-electron chi connectivity index (χ1n) is 6.39. The number of rotatable bonds is 7. The summed E-state index contributed by atoms with van der Waals surface area (Å²) < 4.78 is 4.55. The van der Waals surface area contributed by atoms with Crippen LogP contribution in [-0.4, -0.2) is 30.7 Å². The van der Waals surface area contributed by atoms with Gasteiger partial charge in [0.05, 0.1) is 7.11 Å². The summed E-state index contributed by atoms with van der Waals surface area (Å²) in [7, 11) is 1.29. The zero-order valence-corrected chi connectivity index (χ0v) is 11.7. The average molecular weight is 277 g/mol. The van der Waals surface area contributed by atoms with Crippen LogP contribution in [0.5, 0.6) is 0 Å². The van der Waals surface area contributed by atoms with Gasteiger partial charge in [-0.3, -0.25) is 9.59 Å². The fourth-order valence-corrected chi connectivity index (χ4v) is 1.75. The molecule has 0 aromatic heterocycles. The minimum absolute atomic E-state index is 0.000906. The van der Waals surface area contributed by atoms with E-state index in [0.29, 0.717) is 12.0 Å². The van der Waals surface area contributed by atoms with Crippen molar-refractivity contribution in [1.82, 2.24) is 0 Å². The van der Waals surface area contributed by atoms with E-state index in [1.165, 1.54) is 14.0 Å². The van der Waals surface area contributed by atoms with E-state index in [1.54, 1.807) is 24.3 Å². The topological polar surface area (TPSA) is 86.5 Å². The van der Waals surface area contributed by atoms with Crippen molar-refractivity contribution in [2.24, 2.45) is 5.73 Å². The Hall–Kier alpha value is -2.01. The van der Waals surface area contributed by atoms with Crippen molar-refractivity contribution in [2.45, 2.75) is 32.2 Å². The molecule has 0 radical (unpaired) electrons. The highest BCUT2D eigenvalue weighted by atomic mass is 16.5. The number of esters is 1. The number of methoxy groups -OCH3 is 1. The summed E-state index contributed by atoms with van der Waals surface area (Å²) in [6, 6.07) is 6.16. The molecular weight excluding hydrogens is 258 g/mol. The lowest BCUT2D eigenvalue weighted by molar-refractivity contribution is -0.142. The number of carbonyl (C=O) groups excluding carboxylic acids is 3. The van der Waals surface area contributed by atoms with Gasteiger partial charge < -0.3 is 15.3 Å². The Morgan fingerprint density at radius 2 is 1.75 bits per heavy atom. The second kappa shape index (κ2) is 7.55. The van der Waals surface area contributed by atoms with Crippen molar-refractivity contribution in [3.05, 3.63) is 35.4 Å². The molecule has 5 nitrogen and oxygen atoms in total. The Morgan fingerprint density at radius 3 is 2.25 bits per heavy atom. The Balaban J connectivity index is 2.62. The number of ether oxygens (including phenoxy) is 1. The largest absolute Gasteiger partial charge is 0.468 e. The van der Waals surface area contributed by atoms with Crippen LogP contribution >= 0.6 is 0 Å². The van der Waals surface area contributed by atoms with Crippen LogP contribution < -0.4 is 5.73 Å². The van der Waals surface area contributed by atoms with Gasteiger partial charge in [-0.1, -0.05) is 24.3 Å². The first-order valence-corrected chi connectivity index (χ1v) is 6.39. The van der Waals surface area contributed by atoms with Crippen LogP contribution in [0.15, 0.2) is 24.3 Å². The first kappa shape index (κ1) is 16.0. The highest BCUT2D eigenvalue weighted by Gasteiger charge is 2.14. The Labute approximate surface area is 118 Å². The summed E-state index contributed by atoms with van der Waals surface area (Å²) in [4.78, 5) is 33.8. The second-order valence-electron chi connectivity index (χ2n) is 4.66. The maximum atomic E-state index is 11.8. The van der Waals surface area contributed by atoms with Gasteiger partial charge in [0.25, 0.3) is 0 Å². The fourth-order valence-electron chi connectivity index (χ4n) is 1.75. The maximum absolute atomic E-state index is 11.8. The van der Waals surface area contributed by atoms with Gasteiger partial charge >= 0.3 is 5.97 Å². The maximum Gasteiger partial charge on any atom is 0.322 e. The molecule has 108 valence electrons. The van der Waals surface area contributed by atoms with E-state index in [0.717, 1.165) is 5.56 Å². The third-order valence-corrected chi connectivity index (χ3v) is 2.94. The van der Waals surface area contributed by atoms with Gasteiger partial charge in [0, 0.05) is 18.4 Å². The number of carbonyl (C=O) groups is 3. The summed E-state index contributed by atoms with van der Waals surface area (Å²) in [6.45, 7) is 1.46. The van der Waals surface area contributed by atoms with Crippen LogP contribution in [-0.2, 0) is 20.7 Å². The van der Waals surface area contributed by atoms with Gasteiger partial charge in [-0.2, -0.15) is 0 Å². The fraction of sp³-hybridized carbons (Fsp3) is 0.400. The van der Waals surface area contributed by atoms with Gasteiger partial charge in [0.15, 0.2) is 5.78 Å². The molecule has 0 amide bonds. The lowest BCUT2D eigenvalue weighted by atomic mass is 10.0. The molecule has 0 fully saturated rings. The van der Waals surface area contributed by atoms with Crippen molar-refractivity contribution in [3.63, 3.8) is 0 Å². The zero-order chi connectivity index (χ0) is 15.1. The number of hydrogen-bond donors (Lipinski definition) is 1. The minimum atomic E-state index is -0.709. The summed E-state index contributed by atoms with van der Waals surface area (Å²) in [5.74, 6) is -0.533. The van der Waals surface area contributed by atoms with Gasteiger partial charge in [-0.25, -0.2) is 0 Å². The van der Waals surface area contributed by atoms with E-state index >= 15 is 0 Å². The number of nitrogens with two attached hydrogens (primary N) is 1. The van der Waals surface area contributed by atoms with Gasteiger partial charge in [0.2, 0.25) is 0 Å². The van der Waals surface area contributed by atoms with E-state index in [-0.39, 0.29) is 24.4 Å². The molecular formula is C15H19NO4. The predicted octanol–water partition coefficient (Wildman–Crippen LogP) is 1.28. The van der Waals surface area contributed by atoms with E-state index in [4.69, 9.17) is 5.73 Å². The average Bonchev–Trinajstić information content (AvgIpc) is 2.44. The number of hydrogen-bond acceptors (Lipinski definition) is 5. The molecule has 20 heavy (non-hydrogen) atoms. The monoisotopic (exact) mass is 277 g/mol. The normalized spacial score (nSPS) is 11.8. The van der Waals surface area contributed by atoms with Crippen LogP contribution in [0.2, 0.25) is 0 Å². The summed E-state index contributed by atoms with van der Waals surface area (Å²) in [6.07, 6.45) is 0.832. The third-order valence-electron chi connectivity index (χ3n) is 2.94. The van der Waals surface area contributed by atoms with E-state index < -0.39 is 12.0 Å². The molecule has 0 aliphatic rings. The molecule has 0 bridgehead atoms. The third kappa shape index (κ3) is 4.93. The lowest BCUT2D eigenvalue weighted by Crippen LogP contribution is -2.33. The molecule has 0 unspecified atom stereocenters. The predicted molar refractivity (Wildman–Crippen MR) is 74.4 cm³/mol. The molecule has 1 atom stereocenters. The van der Waals surface area contributed by atoms with Crippen LogP contribution in [0.25, 0.3) is 0 Å². The molecule has 0 heterocycles. The van der Waals surface area contributed by atoms with E-state index in [9.17, 15) is 14.4 Å². The molecule has 0 saturated carbocycles. The molecule has 1 rings (SSSR count). The molecule has 0 aliphatic heterocycles. The summed E-state index contributed by atoms with van der Waals surface area (Å²) in [5, 5.41) is 0. The standard InChI is InChI=1S/C15H19NO4/c1-10(17)3-8-14(18)12-6-4-11(5-7-12)9-13(16)15(19)20-2/h4-7,13H,3,8-9,16H2,1-2H3/t13-/m0/s1. The smallest absolute Gasteiger partial charge is 0.322 e. The first-order chi connectivity index (χ1) is 9.43. The van der Waals surface area contributed by atoms with Crippen LogP contribution in [0, 0.1) is 0 Å². The quantitative estimate of drug-likeness (QED) is 0.599. The highest BCUT2D eigenvalue weighted by Crippen LogP contribution is 2.10. The highest BCUT2D eigenvalue weighted by molar-refractivity contribution is 5.97. The van der Waals surface area contributed by atoms with Crippen molar-refractivity contribution >= 4 is 17.5 Å². The molecule has 1 aromatic rings. The number of ketones is 2.